The van der Waals surface area contributed by atoms with Crippen LogP contribution in [-0.2, 0) is 14.8 Å². The molecular weight excluding hydrogens is 392 g/mol. The summed E-state index contributed by atoms with van der Waals surface area (Å²) in [5, 5.41) is 3.50. The fraction of sp³-hybridized carbons (Fsp3) is 0.278. The highest BCUT2D eigenvalue weighted by Crippen LogP contribution is 2.22. The first-order valence-corrected chi connectivity index (χ1v) is 11.1. The summed E-state index contributed by atoms with van der Waals surface area (Å²) < 4.78 is 24.9. The maximum absolute atomic E-state index is 12.6. The first-order valence-electron chi connectivity index (χ1n) is 7.93. The molecule has 8 heteroatoms. The van der Waals surface area contributed by atoms with E-state index in [1.54, 1.807) is 36.0 Å². The number of likely N-dealkylation sites (N-methyl/N-ethyl adjacent to an activating group) is 1. The van der Waals surface area contributed by atoms with Gasteiger partial charge in [0.1, 0.15) is 6.04 Å². The molecule has 1 N–H and O–H groups in total. The number of carbonyl (C=O) groups is 1. The summed E-state index contributed by atoms with van der Waals surface area (Å²) in [7, 11) is -2.11. The second-order valence-electron chi connectivity index (χ2n) is 5.69. The summed E-state index contributed by atoms with van der Waals surface area (Å²) in [6.07, 6.45) is 1.09. The van der Waals surface area contributed by atoms with Gasteiger partial charge in [-0.3, -0.25) is 4.79 Å². The summed E-state index contributed by atoms with van der Waals surface area (Å²) >= 11 is 7.44. The monoisotopic (exact) mass is 412 g/mol. The van der Waals surface area contributed by atoms with Crippen molar-refractivity contribution in [2.75, 3.05) is 25.6 Å². The van der Waals surface area contributed by atoms with E-state index >= 15 is 0 Å². The smallest absolute Gasteiger partial charge is 0.243 e. The summed E-state index contributed by atoms with van der Waals surface area (Å²) in [4.78, 5) is 13.7. The molecule has 2 aromatic carbocycles. The minimum Gasteiger partial charge on any atom is -0.354 e. The number of rotatable bonds is 8. The quantitative estimate of drug-likeness (QED) is 0.534. The van der Waals surface area contributed by atoms with Crippen LogP contribution < -0.4 is 5.32 Å². The molecule has 0 spiro atoms. The molecule has 0 heterocycles. The Balaban J connectivity index is 1.99. The third-order valence-electron chi connectivity index (χ3n) is 3.73. The number of carbonyl (C=O) groups excluding carboxylic acids is 1. The number of nitrogens with zero attached hydrogens (tertiary/aromatic N) is 1. The Morgan fingerprint density at radius 2 is 1.77 bits per heavy atom. The molecule has 0 saturated heterocycles. The molecule has 0 saturated carbocycles. The molecular formula is C18H21ClN2O3S2. The van der Waals surface area contributed by atoms with Crippen LogP contribution in [0.5, 0.6) is 0 Å². The lowest BCUT2D eigenvalue weighted by Crippen LogP contribution is -2.41. The van der Waals surface area contributed by atoms with E-state index in [2.05, 4.69) is 5.32 Å². The number of nitrogens with one attached hydrogen (secondary N) is 1. The predicted octanol–water partition coefficient (Wildman–Crippen LogP) is 3.18. The molecule has 0 aromatic heterocycles. The fourth-order valence-electron chi connectivity index (χ4n) is 2.32. The first kappa shape index (κ1) is 20.8. The van der Waals surface area contributed by atoms with Gasteiger partial charge in [-0.25, -0.2) is 8.42 Å². The van der Waals surface area contributed by atoms with Gasteiger partial charge in [0.2, 0.25) is 15.9 Å². The van der Waals surface area contributed by atoms with Crippen LogP contribution in [-0.4, -0.2) is 44.2 Å². The zero-order valence-corrected chi connectivity index (χ0v) is 16.9. The molecule has 0 fully saturated rings. The van der Waals surface area contributed by atoms with E-state index in [1.807, 2.05) is 30.3 Å². The predicted molar refractivity (Wildman–Crippen MR) is 107 cm³/mol. The Morgan fingerprint density at radius 1 is 1.15 bits per heavy atom. The molecule has 26 heavy (non-hydrogen) atoms. The average molecular weight is 413 g/mol. The third-order valence-corrected chi connectivity index (χ3v) is 6.26. The molecule has 0 aliphatic carbocycles. The lowest BCUT2D eigenvalue weighted by molar-refractivity contribution is -0.124. The van der Waals surface area contributed by atoms with Crippen LogP contribution in [0.1, 0.15) is 11.6 Å². The summed E-state index contributed by atoms with van der Waals surface area (Å²) in [5.74, 6) is 0.318. The molecule has 0 unspecified atom stereocenters. The van der Waals surface area contributed by atoms with Crippen LogP contribution in [0.15, 0.2) is 59.5 Å². The second-order valence-corrected chi connectivity index (χ2v) is 9.33. The lowest BCUT2D eigenvalue weighted by atomic mass is 10.1. The average Bonchev–Trinajstić information content (AvgIpc) is 2.60. The van der Waals surface area contributed by atoms with Gasteiger partial charge in [-0.1, -0.05) is 41.9 Å². The number of hydrogen-bond donors (Lipinski definition) is 1. The van der Waals surface area contributed by atoms with Gasteiger partial charge in [0.25, 0.3) is 0 Å². The van der Waals surface area contributed by atoms with Crippen molar-refractivity contribution in [1.82, 2.24) is 9.62 Å². The van der Waals surface area contributed by atoms with Crippen molar-refractivity contribution in [2.24, 2.45) is 0 Å². The minimum atomic E-state index is -3.52. The number of hydrogen-bond acceptors (Lipinski definition) is 4. The van der Waals surface area contributed by atoms with Gasteiger partial charge in [0.05, 0.1) is 6.26 Å². The molecule has 1 amide bonds. The van der Waals surface area contributed by atoms with E-state index in [1.165, 1.54) is 7.05 Å². The van der Waals surface area contributed by atoms with Crippen molar-refractivity contribution < 1.29 is 13.2 Å². The minimum absolute atomic E-state index is 0.346. The maximum atomic E-state index is 12.6. The van der Waals surface area contributed by atoms with Crippen LogP contribution in [0.3, 0.4) is 0 Å². The number of benzene rings is 2. The molecule has 5 nitrogen and oxygen atoms in total. The van der Waals surface area contributed by atoms with Gasteiger partial charge in [-0.05, 0) is 29.8 Å². The van der Waals surface area contributed by atoms with Gasteiger partial charge in [-0.15, -0.1) is 11.8 Å². The van der Waals surface area contributed by atoms with E-state index < -0.39 is 16.1 Å². The molecule has 0 aliphatic heterocycles. The van der Waals surface area contributed by atoms with E-state index in [9.17, 15) is 13.2 Å². The SMILES string of the molecule is CN([C@H](C(=O)NCCSc1ccc(Cl)cc1)c1ccccc1)S(C)(=O)=O. The van der Waals surface area contributed by atoms with Crippen LogP contribution in [0.25, 0.3) is 0 Å². The molecule has 140 valence electrons. The van der Waals surface area contributed by atoms with Crippen molar-refractivity contribution in [3.63, 3.8) is 0 Å². The van der Waals surface area contributed by atoms with E-state index in [4.69, 9.17) is 11.6 Å². The van der Waals surface area contributed by atoms with Crippen LogP contribution >= 0.6 is 23.4 Å². The zero-order chi connectivity index (χ0) is 19.2. The molecule has 2 aromatic rings. The molecule has 1 atom stereocenters. The van der Waals surface area contributed by atoms with Crippen molar-refractivity contribution in [2.45, 2.75) is 10.9 Å². The van der Waals surface area contributed by atoms with Crippen molar-refractivity contribution in [3.05, 3.63) is 65.2 Å². The van der Waals surface area contributed by atoms with Gasteiger partial charge < -0.3 is 5.32 Å². The molecule has 0 aliphatic rings. The third kappa shape index (κ3) is 6.02. The number of halogens is 1. The number of thioether (sulfide) groups is 1. The van der Waals surface area contributed by atoms with Gasteiger partial charge in [0, 0.05) is 29.3 Å². The topological polar surface area (TPSA) is 66.5 Å². The highest BCUT2D eigenvalue weighted by Gasteiger charge is 2.30. The molecule has 0 radical (unpaired) electrons. The maximum Gasteiger partial charge on any atom is 0.243 e. The zero-order valence-electron chi connectivity index (χ0n) is 14.6. The highest BCUT2D eigenvalue weighted by atomic mass is 35.5. The Kier molecular flexibility index (Phi) is 7.52. The van der Waals surface area contributed by atoms with Crippen molar-refractivity contribution in [1.29, 1.82) is 0 Å². The highest BCUT2D eigenvalue weighted by molar-refractivity contribution is 7.99. The second kappa shape index (κ2) is 9.41. The van der Waals surface area contributed by atoms with Gasteiger partial charge in [0.15, 0.2) is 0 Å². The standard InChI is InChI=1S/C18H21ClN2O3S2/c1-21(26(2,23)24)17(14-6-4-3-5-7-14)18(22)20-12-13-25-16-10-8-15(19)9-11-16/h3-11,17H,12-13H2,1-2H3,(H,20,22)/t17-/m0/s1. The summed E-state index contributed by atoms with van der Waals surface area (Å²) in [5.41, 5.74) is 0.628. The van der Waals surface area contributed by atoms with E-state index in [-0.39, 0.29) is 5.91 Å². The molecule has 2 rings (SSSR count). The summed E-state index contributed by atoms with van der Waals surface area (Å²) in [6.45, 7) is 0.424. The van der Waals surface area contributed by atoms with Crippen LogP contribution in [0, 0.1) is 0 Å². The Hall–Kier alpha value is -1.54. The first-order chi connectivity index (χ1) is 12.3. The van der Waals surface area contributed by atoms with Gasteiger partial charge in [-0.2, -0.15) is 4.31 Å². The number of sulfonamides is 1. The van der Waals surface area contributed by atoms with Crippen LogP contribution in [0.2, 0.25) is 5.02 Å². The molecule has 0 bridgehead atoms. The Morgan fingerprint density at radius 3 is 2.35 bits per heavy atom. The Labute approximate surface area is 163 Å². The van der Waals surface area contributed by atoms with E-state index in [0.717, 1.165) is 15.5 Å². The number of amides is 1. The fourth-order valence-corrected chi connectivity index (χ4v) is 3.82. The Bertz CT molecular complexity index is 827. The van der Waals surface area contributed by atoms with Crippen molar-refractivity contribution in [3.8, 4) is 0 Å². The largest absolute Gasteiger partial charge is 0.354 e. The normalized spacial score (nSPS) is 12.8. The van der Waals surface area contributed by atoms with E-state index in [0.29, 0.717) is 22.9 Å². The lowest BCUT2D eigenvalue weighted by Gasteiger charge is -2.25. The van der Waals surface area contributed by atoms with Crippen molar-refractivity contribution >= 4 is 39.3 Å². The summed E-state index contributed by atoms with van der Waals surface area (Å²) in [6, 6.07) is 15.4. The van der Waals surface area contributed by atoms with Gasteiger partial charge >= 0.3 is 0 Å². The van der Waals surface area contributed by atoms with Crippen LogP contribution in [0.4, 0.5) is 0 Å².